The van der Waals surface area contributed by atoms with Gasteiger partial charge >= 0.3 is 0 Å². The molecule has 4 rings (SSSR count). The lowest BCUT2D eigenvalue weighted by Gasteiger charge is -2.12. The van der Waals surface area contributed by atoms with Crippen molar-refractivity contribution < 1.29 is 9.53 Å². The van der Waals surface area contributed by atoms with Crippen molar-refractivity contribution in [1.82, 2.24) is 14.9 Å². The Morgan fingerprint density at radius 3 is 2.74 bits per heavy atom. The fraction of sp³-hybridized carbons (Fsp3) is 0.250. The lowest BCUT2D eigenvalue weighted by atomic mass is 10.1. The number of hydrogen-bond donors (Lipinski definition) is 2. The van der Waals surface area contributed by atoms with Gasteiger partial charge < -0.3 is 15.0 Å². The number of rotatable bonds is 4. The number of aromatic amines is 1. The maximum Gasteiger partial charge on any atom is 0.266 e. The Morgan fingerprint density at radius 2 is 2.00 bits per heavy atom. The monoisotopic (exact) mass is 381 g/mol. The first-order valence-corrected chi connectivity index (χ1v) is 9.28. The number of para-hydroxylation sites is 1. The van der Waals surface area contributed by atoms with Gasteiger partial charge in [-0.3, -0.25) is 14.2 Å². The Morgan fingerprint density at radius 1 is 1.22 bits per heavy atom. The summed E-state index contributed by atoms with van der Waals surface area (Å²) >= 11 is 5.35. The number of aromatic nitrogens is 2. The topological polar surface area (TPSA) is 76.1 Å². The highest BCUT2D eigenvalue weighted by atomic mass is 32.1. The number of carbonyl (C=O) groups is 1. The normalized spacial score (nSPS) is 16.5. The highest BCUT2D eigenvalue weighted by Crippen LogP contribution is 2.13. The van der Waals surface area contributed by atoms with Crippen LogP contribution in [-0.4, -0.2) is 34.7 Å². The molecule has 1 atom stereocenters. The summed E-state index contributed by atoms with van der Waals surface area (Å²) in [5.41, 5.74) is 1.65. The maximum atomic E-state index is 12.8. The van der Waals surface area contributed by atoms with E-state index in [-0.39, 0.29) is 17.6 Å². The highest BCUT2D eigenvalue weighted by Gasteiger charge is 2.16. The lowest BCUT2D eigenvalue weighted by Crippen LogP contribution is -2.31. The van der Waals surface area contributed by atoms with Crippen LogP contribution < -0.4 is 10.9 Å². The van der Waals surface area contributed by atoms with Gasteiger partial charge in [-0.2, -0.15) is 0 Å². The van der Waals surface area contributed by atoms with Crippen molar-refractivity contribution in [2.24, 2.45) is 0 Å². The molecule has 1 unspecified atom stereocenters. The molecule has 0 aliphatic carbocycles. The molecule has 7 heteroatoms. The van der Waals surface area contributed by atoms with Gasteiger partial charge in [0.15, 0.2) is 4.77 Å². The van der Waals surface area contributed by atoms with E-state index in [2.05, 4.69) is 10.3 Å². The number of benzene rings is 2. The molecule has 27 heavy (non-hydrogen) atoms. The smallest absolute Gasteiger partial charge is 0.266 e. The minimum Gasteiger partial charge on any atom is -0.376 e. The van der Waals surface area contributed by atoms with Crippen LogP contribution in [0.15, 0.2) is 53.3 Å². The van der Waals surface area contributed by atoms with E-state index in [1.807, 2.05) is 18.2 Å². The zero-order chi connectivity index (χ0) is 18.8. The van der Waals surface area contributed by atoms with E-state index in [0.717, 1.165) is 19.4 Å². The van der Waals surface area contributed by atoms with Crippen LogP contribution in [0, 0.1) is 4.77 Å². The van der Waals surface area contributed by atoms with Crippen molar-refractivity contribution in [2.75, 3.05) is 13.2 Å². The first kappa shape index (κ1) is 17.6. The van der Waals surface area contributed by atoms with Crippen LogP contribution in [0.25, 0.3) is 16.6 Å². The first-order valence-electron chi connectivity index (χ1n) is 8.88. The predicted molar refractivity (Wildman–Crippen MR) is 106 cm³/mol. The summed E-state index contributed by atoms with van der Waals surface area (Å²) < 4.78 is 7.26. The number of nitrogens with one attached hydrogen (secondary N) is 2. The van der Waals surface area contributed by atoms with Gasteiger partial charge in [-0.1, -0.05) is 12.1 Å². The number of ether oxygens (including phenoxy) is 1. The molecule has 3 aromatic rings. The second kappa shape index (κ2) is 7.46. The molecule has 2 heterocycles. The molecular formula is C20H19N3O3S. The third kappa shape index (κ3) is 3.56. The third-order valence-corrected chi connectivity index (χ3v) is 4.99. The van der Waals surface area contributed by atoms with E-state index >= 15 is 0 Å². The van der Waals surface area contributed by atoms with E-state index < -0.39 is 0 Å². The molecule has 0 saturated carbocycles. The summed E-state index contributed by atoms with van der Waals surface area (Å²) in [6.07, 6.45) is 2.11. The molecule has 1 aliphatic rings. The summed E-state index contributed by atoms with van der Waals surface area (Å²) in [6.45, 7) is 1.27. The summed E-state index contributed by atoms with van der Waals surface area (Å²) in [6, 6.07) is 14.1. The minimum absolute atomic E-state index is 0.0997. The Labute approximate surface area is 160 Å². The van der Waals surface area contributed by atoms with Gasteiger partial charge in [0.05, 0.1) is 22.7 Å². The van der Waals surface area contributed by atoms with Gasteiger partial charge in [0.2, 0.25) is 0 Å². The zero-order valence-electron chi connectivity index (χ0n) is 14.6. The predicted octanol–water partition coefficient (Wildman–Crippen LogP) is 2.96. The minimum atomic E-state index is -0.190. The number of hydrogen-bond acceptors (Lipinski definition) is 4. The van der Waals surface area contributed by atoms with E-state index in [1.165, 1.54) is 4.57 Å². The molecule has 2 aromatic carbocycles. The quantitative estimate of drug-likeness (QED) is 0.682. The first-order chi connectivity index (χ1) is 13.1. The van der Waals surface area contributed by atoms with Gasteiger partial charge in [-0.05, 0) is 61.5 Å². The molecule has 0 radical (unpaired) electrons. The fourth-order valence-corrected chi connectivity index (χ4v) is 3.57. The van der Waals surface area contributed by atoms with Crippen LogP contribution >= 0.6 is 12.2 Å². The summed E-state index contributed by atoms with van der Waals surface area (Å²) in [7, 11) is 0. The van der Waals surface area contributed by atoms with E-state index in [9.17, 15) is 9.59 Å². The molecule has 1 fully saturated rings. The van der Waals surface area contributed by atoms with E-state index in [4.69, 9.17) is 17.0 Å². The number of H-pyrrole nitrogens is 1. The van der Waals surface area contributed by atoms with Gasteiger partial charge in [0.25, 0.3) is 11.5 Å². The molecule has 0 bridgehead atoms. The molecule has 2 N–H and O–H groups in total. The van der Waals surface area contributed by atoms with Crippen molar-refractivity contribution >= 4 is 29.0 Å². The van der Waals surface area contributed by atoms with E-state index in [0.29, 0.717) is 33.5 Å². The number of nitrogens with zero attached hydrogens (tertiary/aromatic N) is 1. The summed E-state index contributed by atoms with van der Waals surface area (Å²) in [5.74, 6) is -0.159. The Hall–Kier alpha value is -2.77. The van der Waals surface area contributed by atoms with Crippen LogP contribution in [0.1, 0.15) is 23.2 Å². The van der Waals surface area contributed by atoms with Crippen molar-refractivity contribution in [3.05, 3.63) is 69.2 Å². The highest BCUT2D eigenvalue weighted by molar-refractivity contribution is 7.71. The largest absolute Gasteiger partial charge is 0.376 e. The Kier molecular flexibility index (Phi) is 4.87. The van der Waals surface area contributed by atoms with E-state index in [1.54, 1.807) is 30.3 Å². The second-order valence-electron chi connectivity index (χ2n) is 6.51. The number of amides is 1. The summed E-state index contributed by atoms with van der Waals surface area (Å²) in [4.78, 5) is 28.2. The van der Waals surface area contributed by atoms with Gasteiger partial charge in [-0.15, -0.1) is 0 Å². The zero-order valence-corrected chi connectivity index (χ0v) is 15.4. The van der Waals surface area contributed by atoms with Crippen molar-refractivity contribution in [3.63, 3.8) is 0 Å². The Bertz CT molecular complexity index is 1100. The molecule has 138 valence electrons. The van der Waals surface area contributed by atoms with Crippen LogP contribution in [0.3, 0.4) is 0 Å². The molecule has 6 nitrogen and oxygen atoms in total. The summed E-state index contributed by atoms with van der Waals surface area (Å²) in [5, 5.41) is 3.45. The van der Waals surface area contributed by atoms with Crippen LogP contribution in [0.5, 0.6) is 0 Å². The van der Waals surface area contributed by atoms with Crippen molar-refractivity contribution in [3.8, 4) is 5.69 Å². The van der Waals surface area contributed by atoms with Crippen LogP contribution in [0.2, 0.25) is 0 Å². The standard InChI is InChI=1S/C20H19N3O3S/c24-18(21-12-15-4-3-11-26-15)13-7-9-14(10-8-13)23-19(25)16-5-1-2-6-17(16)22-20(23)27/h1-2,5-10,15H,3-4,11-12H2,(H,21,24)(H,22,27). The average molecular weight is 381 g/mol. The van der Waals surface area contributed by atoms with Crippen LogP contribution in [-0.2, 0) is 4.74 Å². The van der Waals surface area contributed by atoms with Crippen molar-refractivity contribution in [1.29, 1.82) is 0 Å². The average Bonchev–Trinajstić information content (AvgIpc) is 3.20. The molecule has 1 aromatic heterocycles. The Balaban J connectivity index is 1.59. The number of fused-ring (bicyclic) bond motifs is 1. The van der Waals surface area contributed by atoms with Gasteiger partial charge in [-0.25, -0.2) is 0 Å². The molecule has 0 spiro atoms. The molecule has 1 aliphatic heterocycles. The van der Waals surface area contributed by atoms with Crippen LogP contribution in [0.4, 0.5) is 0 Å². The molecule has 1 amide bonds. The SMILES string of the molecule is O=C(NCC1CCCO1)c1ccc(-n2c(=S)[nH]c3ccccc3c2=O)cc1. The van der Waals surface area contributed by atoms with Crippen molar-refractivity contribution in [2.45, 2.75) is 18.9 Å². The third-order valence-electron chi connectivity index (χ3n) is 4.71. The van der Waals surface area contributed by atoms with Gasteiger partial charge in [0, 0.05) is 18.7 Å². The molecular weight excluding hydrogens is 362 g/mol. The maximum absolute atomic E-state index is 12.8. The van der Waals surface area contributed by atoms with Gasteiger partial charge in [0.1, 0.15) is 0 Å². The molecule has 1 saturated heterocycles. The fourth-order valence-electron chi connectivity index (χ4n) is 3.27. The number of carbonyl (C=O) groups excluding carboxylic acids is 1. The lowest BCUT2D eigenvalue weighted by molar-refractivity contribution is 0.0858. The second-order valence-corrected chi connectivity index (χ2v) is 6.89.